The zero-order valence-corrected chi connectivity index (χ0v) is 13.6. The van der Waals surface area contributed by atoms with Gasteiger partial charge in [0.25, 0.3) is 0 Å². The number of nitrogens with two attached hydrogens (primary N) is 1. The number of hydrogen-bond donors (Lipinski definition) is 1. The Kier molecular flexibility index (Phi) is 4.11. The first-order valence-electron chi connectivity index (χ1n) is 7.18. The number of aromatic nitrogens is 1. The summed E-state index contributed by atoms with van der Waals surface area (Å²) >= 11 is 1.69. The molecular weight excluding hydrogens is 290 g/mol. The maximum Gasteiger partial charge on any atom is 0.0976 e. The van der Waals surface area contributed by atoms with E-state index in [1.807, 2.05) is 24.3 Å². The zero-order chi connectivity index (χ0) is 15.5. The molecule has 0 aliphatic heterocycles. The molecule has 0 atom stereocenters. The summed E-state index contributed by atoms with van der Waals surface area (Å²) in [6.45, 7) is 0. The maximum atomic E-state index is 5.84. The zero-order valence-electron chi connectivity index (χ0n) is 12.8. The third-order valence-electron chi connectivity index (χ3n) is 3.52. The van der Waals surface area contributed by atoms with Crippen molar-refractivity contribution in [3.63, 3.8) is 0 Å². The Balaban J connectivity index is 1.81. The first-order chi connectivity index (χ1) is 10.6. The van der Waals surface area contributed by atoms with E-state index in [0.717, 1.165) is 28.4 Å². The predicted molar refractivity (Wildman–Crippen MR) is 95.5 cm³/mol. The fraction of sp³-hybridized carbons (Fsp3) is 0.167. The monoisotopic (exact) mass is 309 g/mol. The molecule has 0 amide bonds. The highest BCUT2D eigenvalue weighted by molar-refractivity contribution is 7.10. The normalized spacial score (nSPS) is 10.6. The maximum absolute atomic E-state index is 5.84. The number of nitrogens with zero attached hydrogens (tertiary/aromatic N) is 2. The van der Waals surface area contributed by atoms with Gasteiger partial charge < -0.3 is 10.6 Å². The van der Waals surface area contributed by atoms with Gasteiger partial charge >= 0.3 is 0 Å². The van der Waals surface area contributed by atoms with E-state index in [0.29, 0.717) is 0 Å². The molecule has 0 aliphatic rings. The van der Waals surface area contributed by atoms with Crippen molar-refractivity contribution in [3.05, 3.63) is 64.5 Å². The molecule has 0 bridgehead atoms. The molecule has 0 saturated heterocycles. The van der Waals surface area contributed by atoms with E-state index >= 15 is 0 Å². The minimum atomic E-state index is 0.769. The van der Waals surface area contributed by atoms with Gasteiger partial charge in [-0.2, -0.15) is 0 Å². The Morgan fingerprint density at radius 2 is 1.91 bits per heavy atom. The summed E-state index contributed by atoms with van der Waals surface area (Å²) in [7, 11) is 4.11. The van der Waals surface area contributed by atoms with Crippen molar-refractivity contribution in [1.29, 1.82) is 0 Å². The van der Waals surface area contributed by atoms with E-state index in [9.17, 15) is 0 Å². The molecule has 22 heavy (non-hydrogen) atoms. The second-order valence-electron chi connectivity index (χ2n) is 5.49. The quantitative estimate of drug-likeness (QED) is 0.739. The number of hydrogen-bond acceptors (Lipinski definition) is 4. The summed E-state index contributed by atoms with van der Waals surface area (Å²) in [5.74, 6) is 0. The molecule has 0 radical (unpaired) electrons. The molecule has 3 aromatic rings. The minimum absolute atomic E-state index is 0.769. The Labute approximate surface area is 135 Å². The van der Waals surface area contributed by atoms with Gasteiger partial charge in [-0.25, -0.2) is 4.98 Å². The fourth-order valence-corrected chi connectivity index (χ4v) is 3.18. The molecule has 0 aliphatic carbocycles. The van der Waals surface area contributed by atoms with Crippen LogP contribution in [0.15, 0.2) is 53.9 Å². The third-order valence-corrected chi connectivity index (χ3v) is 4.37. The number of rotatable bonds is 4. The SMILES string of the molecule is CN(C)c1cccc(Cc2nc(-c3cccc(N)c3)cs2)c1. The number of thiazole rings is 1. The van der Waals surface area contributed by atoms with E-state index in [1.54, 1.807) is 11.3 Å². The topological polar surface area (TPSA) is 42.2 Å². The molecule has 3 rings (SSSR count). The Morgan fingerprint density at radius 3 is 2.68 bits per heavy atom. The standard InChI is InChI=1S/C18H19N3S/c1-21(2)16-8-3-5-13(9-16)10-18-20-17(12-22-18)14-6-4-7-15(19)11-14/h3-9,11-12H,10,19H2,1-2H3. The van der Waals surface area contributed by atoms with E-state index in [1.165, 1.54) is 11.3 Å². The smallest absolute Gasteiger partial charge is 0.0976 e. The molecule has 3 nitrogen and oxygen atoms in total. The van der Waals surface area contributed by atoms with Crippen LogP contribution in [0, 0.1) is 0 Å². The second kappa shape index (κ2) is 6.20. The number of benzene rings is 2. The average Bonchev–Trinajstić information content (AvgIpc) is 2.96. The van der Waals surface area contributed by atoms with E-state index in [2.05, 4.69) is 48.6 Å². The van der Waals surface area contributed by atoms with Crippen LogP contribution < -0.4 is 10.6 Å². The van der Waals surface area contributed by atoms with Crippen molar-refractivity contribution in [3.8, 4) is 11.3 Å². The summed E-state index contributed by atoms with van der Waals surface area (Å²) in [5, 5.41) is 3.22. The van der Waals surface area contributed by atoms with E-state index < -0.39 is 0 Å². The summed E-state index contributed by atoms with van der Waals surface area (Å²) in [6.07, 6.45) is 0.856. The van der Waals surface area contributed by atoms with Gasteiger partial charge in [-0.3, -0.25) is 0 Å². The highest BCUT2D eigenvalue weighted by Gasteiger charge is 2.06. The van der Waals surface area contributed by atoms with Crippen molar-refractivity contribution in [1.82, 2.24) is 4.98 Å². The molecule has 2 aromatic carbocycles. The van der Waals surface area contributed by atoms with Gasteiger partial charge in [-0.1, -0.05) is 24.3 Å². The number of anilines is 2. The van der Waals surface area contributed by atoms with Gasteiger partial charge in [0, 0.05) is 42.8 Å². The lowest BCUT2D eigenvalue weighted by Gasteiger charge is -2.13. The number of nitrogen functional groups attached to an aromatic ring is 1. The summed E-state index contributed by atoms with van der Waals surface area (Å²) in [4.78, 5) is 6.86. The molecule has 2 N–H and O–H groups in total. The van der Waals surface area contributed by atoms with Crippen LogP contribution in [-0.2, 0) is 6.42 Å². The van der Waals surface area contributed by atoms with Crippen molar-refractivity contribution < 1.29 is 0 Å². The lowest BCUT2D eigenvalue weighted by atomic mass is 10.1. The highest BCUT2D eigenvalue weighted by atomic mass is 32.1. The van der Waals surface area contributed by atoms with Gasteiger partial charge in [0.1, 0.15) is 0 Å². The fourth-order valence-electron chi connectivity index (χ4n) is 2.34. The van der Waals surface area contributed by atoms with Crippen LogP contribution in [0.4, 0.5) is 11.4 Å². The van der Waals surface area contributed by atoms with Crippen LogP contribution in [0.5, 0.6) is 0 Å². The van der Waals surface area contributed by atoms with Crippen molar-refractivity contribution in [2.24, 2.45) is 0 Å². The molecule has 4 heteroatoms. The molecule has 0 spiro atoms. The molecule has 1 aromatic heterocycles. The summed E-state index contributed by atoms with van der Waals surface area (Å²) in [5.41, 5.74) is 11.2. The molecule has 0 saturated carbocycles. The second-order valence-corrected chi connectivity index (χ2v) is 6.44. The predicted octanol–water partition coefficient (Wildman–Crippen LogP) is 4.05. The van der Waals surface area contributed by atoms with Crippen molar-refractivity contribution in [2.75, 3.05) is 24.7 Å². The Morgan fingerprint density at radius 1 is 1.09 bits per heavy atom. The van der Waals surface area contributed by atoms with Crippen molar-refractivity contribution in [2.45, 2.75) is 6.42 Å². The lowest BCUT2D eigenvalue weighted by molar-refractivity contribution is 1.10. The van der Waals surface area contributed by atoms with Crippen molar-refractivity contribution >= 4 is 22.7 Å². The van der Waals surface area contributed by atoms with Gasteiger partial charge in [0.05, 0.1) is 10.7 Å². The molecule has 112 valence electrons. The molecule has 1 heterocycles. The first-order valence-corrected chi connectivity index (χ1v) is 8.06. The third kappa shape index (κ3) is 3.28. The van der Waals surface area contributed by atoms with Crippen LogP contribution in [-0.4, -0.2) is 19.1 Å². The molecule has 0 unspecified atom stereocenters. The van der Waals surface area contributed by atoms with Gasteiger partial charge in [0.15, 0.2) is 0 Å². The molecular formula is C18H19N3S. The van der Waals surface area contributed by atoms with Crippen LogP contribution in [0.25, 0.3) is 11.3 Å². The van der Waals surface area contributed by atoms with Gasteiger partial charge in [-0.05, 0) is 29.8 Å². The first kappa shape index (κ1) is 14.6. The minimum Gasteiger partial charge on any atom is -0.399 e. The molecule has 0 fully saturated rings. The average molecular weight is 309 g/mol. The highest BCUT2D eigenvalue weighted by Crippen LogP contribution is 2.25. The van der Waals surface area contributed by atoms with Crippen LogP contribution in [0.2, 0.25) is 0 Å². The lowest BCUT2D eigenvalue weighted by Crippen LogP contribution is -2.08. The Hall–Kier alpha value is -2.33. The largest absolute Gasteiger partial charge is 0.399 e. The summed E-state index contributed by atoms with van der Waals surface area (Å²) in [6, 6.07) is 16.4. The summed E-state index contributed by atoms with van der Waals surface area (Å²) < 4.78 is 0. The van der Waals surface area contributed by atoms with E-state index in [4.69, 9.17) is 10.7 Å². The van der Waals surface area contributed by atoms with E-state index in [-0.39, 0.29) is 0 Å². The Bertz CT molecular complexity index is 777. The van der Waals surface area contributed by atoms with Crippen LogP contribution in [0.3, 0.4) is 0 Å². The van der Waals surface area contributed by atoms with Crippen LogP contribution in [0.1, 0.15) is 10.6 Å². The van der Waals surface area contributed by atoms with Gasteiger partial charge in [0.2, 0.25) is 0 Å². The van der Waals surface area contributed by atoms with Gasteiger partial charge in [-0.15, -0.1) is 11.3 Å². The van der Waals surface area contributed by atoms with Crippen LogP contribution >= 0.6 is 11.3 Å².